The van der Waals surface area contributed by atoms with Gasteiger partial charge in [-0.1, -0.05) is 25.7 Å². The molecule has 2 aliphatic heterocycles. The van der Waals surface area contributed by atoms with E-state index in [1.54, 1.807) is 0 Å². The van der Waals surface area contributed by atoms with E-state index in [0.29, 0.717) is 11.9 Å². The number of halogens is 1. The van der Waals surface area contributed by atoms with E-state index in [9.17, 15) is 4.79 Å². The molecule has 128 valence electrons. The number of carbonyl (C=O) groups is 1. The van der Waals surface area contributed by atoms with Crippen molar-refractivity contribution >= 4 is 18.3 Å². The molecule has 1 amide bonds. The highest BCUT2D eigenvalue weighted by Crippen LogP contribution is 2.34. The largest absolute Gasteiger partial charge is 0.371 e. The van der Waals surface area contributed by atoms with Gasteiger partial charge in [0.25, 0.3) is 0 Å². The highest BCUT2D eigenvalue weighted by atomic mass is 35.5. The van der Waals surface area contributed by atoms with Crippen molar-refractivity contribution in [2.24, 2.45) is 5.92 Å². The smallest absolute Gasteiger partial charge is 0.225 e. The summed E-state index contributed by atoms with van der Waals surface area (Å²) in [6, 6.07) is 0.473. The zero-order chi connectivity index (χ0) is 14.7. The molecule has 4 nitrogen and oxygen atoms in total. The lowest BCUT2D eigenvalue weighted by Crippen LogP contribution is -2.55. The first kappa shape index (κ1) is 18.0. The van der Waals surface area contributed by atoms with E-state index < -0.39 is 0 Å². The molecule has 1 saturated carbocycles. The molecule has 2 saturated heterocycles. The number of carbonyl (C=O) groups excluding carboxylic acids is 1. The third-order valence-electron chi connectivity index (χ3n) is 5.55. The van der Waals surface area contributed by atoms with Crippen molar-refractivity contribution in [2.45, 2.75) is 69.9 Å². The predicted molar refractivity (Wildman–Crippen MR) is 90.4 cm³/mol. The van der Waals surface area contributed by atoms with Crippen molar-refractivity contribution in [1.82, 2.24) is 10.2 Å². The average Bonchev–Trinajstić information content (AvgIpc) is 2.72. The fourth-order valence-electron chi connectivity index (χ4n) is 4.32. The molecular weight excluding hydrogens is 300 g/mol. The van der Waals surface area contributed by atoms with Crippen molar-refractivity contribution in [3.05, 3.63) is 0 Å². The van der Waals surface area contributed by atoms with E-state index in [1.807, 2.05) is 0 Å². The molecule has 2 atom stereocenters. The second-order valence-electron chi connectivity index (χ2n) is 7.28. The summed E-state index contributed by atoms with van der Waals surface area (Å²) in [4.78, 5) is 15.0. The molecule has 3 aliphatic rings. The average molecular weight is 331 g/mol. The van der Waals surface area contributed by atoms with Gasteiger partial charge in [-0.15, -0.1) is 12.4 Å². The maximum Gasteiger partial charge on any atom is 0.225 e. The molecule has 0 aromatic heterocycles. The summed E-state index contributed by atoms with van der Waals surface area (Å²) in [5.41, 5.74) is -0.0249. The molecule has 3 rings (SSSR count). The Kier molecular flexibility index (Phi) is 6.54. The molecule has 1 spiro atoms. The van der Waals surface area contributed by atoms with Crippen LogP contribution in [0.1, 0.15) is 58.3 Å². The summed E-state index contributed by atoms with van der Waals surface area (Å²) in [6.07, 6.45) is 9.42. The minimum absolute atomic E-state index is 0. The van der Waals surface area contributed by atoms with E-state index in [-0.39, 0.29) is 23.9 Å². The van der Waals surface area contributed by atoms with E-state index in [4.69, 9.17) is 4.74 Å². The standard InChI is InChI=1S/C17H30N2O2.ClH/c1-14-12-15(6-9-18-14)16(20)19-10-11-21-17(13-19)7-4-2-3-5-8-17;/h14-15,18H,2-13H2,1H3;1H/t14-,15-;/m0./s1. The lowest BCUT2D eigenvalue weighted by molar-refractivity contribution is -0.157. The normalized spacial score (nSPS) is 32.1. The number of nitrogens with zero attached hydrogens (tertiary/aromatic N) is 1. The van der Waals surface area contributed by atoms with Crippen LogP contribution in [0.4, 0.5) is 0 Å². The second-order valence-corrected chi connectivity index (χ2v) is 7.28. The Morgan fingerprint density at radius 1 is 1.23 bits per heavy atom. The summed E-state index contributed by atoms with van der Waals surface area (Å²) < 4.78 is 6.17. The molecule has 0 radical (unpaired) electrons. The van der Waals surface area contributed by atoms with Crippen LogP contribution in [0.2, 0.25) is 0 Å². The maximum absolute atomic E-state index is 12.9. The van der Waals surface area contributed by atoms with Crippen molar-refractivity contribution < 1.29 is 9.53 Å². The van der Waals surface area contributed by atoms with Crippen molar-refractivity contribution in [1.29, 1.82) is 0 Å². The van der Waals surface area contributed by atoms with Gasteiger partial charge < -0.3 is 15.0 Å². The van der Waals surface area contributed by atoms with Crippen LogP contribution in [0.15, 0.2) is 0 Å². The summed E-state index contributed by atoms with van der Waals surface area (Å²) >= 11 is 0. The Labute approximate surface area is 140 Å². The van der Waals surface area contributed by atoms with Gasteiger partial charge in [0.2, 0.25) is 5.91 Å². The number of ether oxygens (including phenoxy) is 1. The fourth-order valence-corrected chi connectivity index (χ4v) is 4.32. The first-order valence-electron chi connectivity index (χ1n) is 8.85. The zero-order valence-corrected chi connectivity index (χ0v) is 14.6. The van der Waals surface area contributed by atoms with Crippen molar-refractivity contribution in [2.75, 3.05) is 26.2 Å². The van der Waals surface area contributed by atoms with Crippen LogP contribution in [0, 0.1) is 5.92 Å². The van der Waals surface area contributed by atoms with Crippen LogP contribution in [-0.4, -0.2) is 48.7 Å². The second kappa shape index (κ2) is 7.98. The molecule has 0 aromatic rings. The Morgan fingerprint density at radius 3 is 2.64 bits per heavy atom. The molecule has 5 heteroatoms. The number of hydrogen-bond acceptors (Lipinski definition) is 3. The van der Waals surface area contributed by atoms with Crippen LogP contribution in [0.25, 0.3) is 0 Å². The SMILES string of the molecule is C[C@H]1C[C@@H](C(=O)N2CCOC3(CCCCCC3)C2)CCN1.Cl. The van der Waals surface area contributed by atoms with E-state index in [0.717, 1.165) is 51.9 Å². The molecule has 1 N–H and O–H groups in total. The van der Waals surface area contributed by atoms with Crippen molar-refractivity contribution in [3.63, 3.8) is 0 Å². The summed E-state index contributed by atoms with van der Waals surface area (Å²) in [5, 5.41) is 3.44. The lowest BCUT2D eigenvalue weighted by atomic mass is 9.89. The number of amides is 1. The predicted octanol–water partition coefficient (Wildman–Crippen LogP) is 2.75. The third-order valence-corrected chi connectivity index (χ3v) is 5.55. The lowest BCUT2D eigenvalue weighted by Gasteiger charge is -2.44. The molecule has 0 unspecified atom stereocenters. The minimum atomic E-state index is -0.0249. The fraction of sp³-hybridized carbons (Fsp3) is 0.941. The third kappa shape index (κ3) is 4.15. The Morgan fingerprint density at radius 2 is 1.95 bits per heavy atom. The molecule has 0 bridgehead atoms. The van der Waals surface area contributed by atoms with Crippen molar-refractivity contribution in [3.8, 4) is 0 Å². The molecule has 22 heavy (non-hydrogen) atoms. The van der Waals surface area contributed by atoms with Gasteiger partial charge in [0, 0.05) is 25.0 Å². The van der Waals surface area contributed by atoms with Gasteiger partial charge in [-0.05, 0) is 39.2 Å². The molecule has 1 aliphatic carbocycles. The van der Waals surface area contributed by atoms with E-state index in [2.05, 4.69) is 17.1 Å². The summed E-state index contributed by atoms with van der Waals surface area (Å²) in [6.45, 7) is 5.52. The highest BCUT2D eigenvalue weighted by molar-refractivity contribution is 5.85. The number of rotatable bonds is 1. The van der Waals surface area contributed by atoms with E-state index in [1.165, 1.54) is 25.7 Å². The van der Waals surface area contributed by atoms with Crippen LogP contribution >= 0.6 is 12.4 Å². The highest BCUT2D eigenvalue weighted by Gasteiger charge is 2.40. The molecule has 3 fully saturated rings. The summed E-state index contributed by atoms with van der Waals surface area (Å²) in [7, 11) is 0. The molecular formula is C17H31ClN2O2. The monoisotopic (exact) mass is 330 g/mol. The maximum atomic E-state index is 12.9. The van der Waals surface area contributed by atoms with Crippen LogP contribution in [0.5, 0.6) is 0 Å². The number of morpholine rings is 1. The van der Waals surface area contributed by atoms with Crippen LogP contribution in [-0.2, 0) is 9.53 Å². The Hall–Kier alpha value is -0.320. The number of nitrogens with one attached hydrogen (secondary N) is 1. The molecule has 2 heterocycles. The summed E-state index contributed by atoms with van der Waals surface area (Å²) in [5.74, 6) is 0.609. The first-order chi connectivity index (χ1) is 10.2. The van der Waals surface area contributed by atoms with Gasteiger partial charge in [-0.2, -0.15) is 0 Å². The van der Waals surface area contributed by atoms with Gasteiger partial charge >= 0.3 is 0 Å². The Bertz CT molecular complexity index is 370. The van der Waals surface area contributed by atoms with Gasteiger partial charge in [0.15, 0.2) is 0 Å². The first-order valence-corrected chi connectivity index (χ1v) is 8.85. The van der Waals surface area contributed by atoms with Gasteiger partial charge in [-0.3, -0.25) is 4.79 Å². The topological polar surface area (TPSA) is 41.6 Å². The minimum Gasteiger partial charge on any atom is -0.371 e. The van der Waals surface area contributed by atoms with Crippen LogP contribution < -0.4 is 5.32 Å². The van der Waals surface area contributed by atoms with E-state index >= 15 is 0 Å². The number of hydrogen-bond donors (Lipinski definition) is 1. The van der Waals surface area contributed by atoms with Crippen LogP contribution in [0.3, 0.4) is 0 Å². The zero-order valence-electron chi connectivity index (χ0n) is 13.8. The quantitative estimate of drug-likeness (QED) is 0.803. The number of piperidine rings is 1. The van der Waals surface area contributed by atoms with Gasteiger partial charge in [0.05, 0.1) is 12.2 Å². The van der Waals surface area contributed by atoms with Gasteiger partial charge in [0.1, 0.15) is 0 Å². The molecule has 0 aromatic carbocycles. The Balaban J connectivity index is 0.00000176. The van der Waals surface area contributed by atoms with Gasteiger partial charge in [-0.25, -0.2) is 0 Å².